The maximum atomic E-state index is 8.95. The van der Waals surface area contributed by atoms with Gasteiger partial charge in [-0.2, -0.15) is 0 Å². The number of thioether (sulfide) groups is 1. The third kappa shape index (κ3) is 4.58. The van der Waals surface area contributed by atoms with Gasteiger partial charge >= 0.3 is 0 Å². The Hall–Kier alpha value is -1.20. The van der Waals surface area contributed by atoms with Crippen LogP contribution in [0.5, 0.6) is 0 Å². The third-order valence-electron chi connectivity index (χ3n) is 2.49. The van der Waals surface area contributed by atoms with E-state index in [1.54, 1.807) is 0 Å². The van der Waals surface area contributed by atoms with Crippen molar-refractivity contribution in [1.82, 2.24) is 5.32 Å². The molecular weight excluding hydrogens is 248 g/mol. The summed E-state index contributed by atoms with van der Waals surface area (Å²) in [6, 6.07) is 8.12. The van der Waals surface area contributed by atoms with E-state index in [-0.39, 0.29) is 0 Å². The number of nitrogens with two attached hydrogens (primary N) is 1. The van der Waals surface area contributed by atoms with Crippen LogP contribution in [0.1, 0.15) is 24.8 Å². The fraction of sp³-hybridized carbons (Fsp3) is 0.462. The molecule has 1 aliphatic rings. The number of rotatable bonds is 2. The second-order valence-electron chi connectivity index (χ2n) is 4.64. The maximum absolute atomic E-state index is 8.95. The van der Waals surface area contributed by atoms with Crippen LogP contribution in [0, 0.1) is 0 Å². The van der Waals surface area contributed by atoms with Crippen LogP contribution in [0.25, 0.3) is 0 Å². The van der Waals surface area contributed by atoms with Crippen LogP contribution in [0.2, 0.25) is 0 Å². The summed E-state index contributed by atoms with van der Waals surface area (Å²) in [5.41, 5.74) is 7.80. The zero-order valence-electron chi connectivity index (χ0n) is 11.0. The summed E-state index contributed by atoms with van der Waals surface area (Å²) in [7, 11) is 1.31. The molecule has 3 N–H and O–H groups in total. The van der Waals surface area contributed by atoms with E-state index in [2.05, 4.69) is 36.0 Å². The minimum absolute atomic E-state index is 0.339. The monoisotopic (exact) mass is 268 g/mol. The Labute approximate surface area is 112 Å². The Morgan fingerprint density at radius 2 is 2.00 bits per heavy atom. The van der Waals surface area contributed by atoms with Gasteiger partial charge < -0.3 is 15.8 Å². The first-order valence-corrected chi connectivity index (χ1v) is 6.59. The van der Waals surface area contributed by atoms with E-state index in [0.717, 1.165) is 12.2 Å². The largest absolute Gasteiger partial charge is 0.471 e. The Bertz CT molecular complexity index is 379. The number of ether oxygens (including phenoxy) is 1. The van der Waals surface area contributed by atoms with Crippen molar-refractivity contribution < 1.29 is 9.53 Å². The van der Waals surface area contributed by atoms with Crippen molar-refractivity contribution in [3.63, 3.8) is 0 Å². The Morgan fingerprint density at radius 1 is 1.44 bits per heavy atom. The summed E-state index contributed by atoms with van der Waals surface area (Å²) in [5, 5.41) is 3.93. The highest BCUT2D eigenvalue weighted by atomic mass is 32.2. The first kappa shape index (κ1) is 14.9. The smallest absolute Gasteiger partial charge is 0.292 e. The fourth-order valence-corrected chi connectivity index (χ4v) is 2.86. The maximum Gasteiger partial charge on any atom is 0.292 e. The number of hydrogen-bond acceptors (Lipinski definition) is 5. The highest BCUT2D eigenvalue weighted by molar-refractivity contribution is 8.01. The molecule has 1 aromatic carbocycles. The predicted molar refractivity (Wildman–Crippen MR) is 76.3 cm³/mol. The van der Waals surface area contributed by atoms with Gasteiger partial charge in [0.25, 0.3) is 6.47 Å². The normalized spacial score (nSPS) is 20.7. The van der Waals surface area contributed by atoms with E-state index in [1.165, 1.54) is 12.7 Å². The Kier molecular flexibility index (Phi) is 5.50. The molecule has 0 spiro atoms. The van der Waals surface area contributed by atoms with Crippen LogP contribution in [0.3, 0.4) is 0 Å². The number of carbonyl (C=O) groups excluding carboxylic acids is 1. The number of nitrogens with one attached hydrogen (secondary N) is 1. The molecule has 100 valence electrons. The second kappa shape index (κ2) is 6.66. The lowest BCUT2D eigenvalue weighted by Gasteiger charge is -2.15. The summed E-state index contributed by atoms with van der Waals surface area (Å²) in [6.45, 7) is 5.97. The molecule has 0 bridgehead atoms. The number of benzene rings is 1. The van der Waals surface area contributed by atoms with Crippen molar-refractivity contribution in [3.8, 4) is 0 Å². The molecule has 1 aliphatic heterocycles. The van der Waals surface area contributed by atoms with Crippen LogP contribution in [-0.4, -0.2) is 24.9 Å². The van der Waals surface area contributed by atoms with Gasteiger partial charge in [-0.15, -0.1) is 11.8 Å². The average Bonchev–Trinajstić information content (AvgIpc) is 2.71. The lowest BCUT2D eigenvalue weighted by atomic mass is 10.2. The highest BCUT2D eigenvalue weighted by Crippen LogP contribution is 2.41. The van der Waals surface area contributed by atoms with E-state index >= 15 is 0 Å². The summed E-state index contributed by atoms with van der Waals surface area (Å²) in [4.78, 5) is 8.95. The molecule has 4 nitrogen and oxygen atoms in total. The van der Waals surface area contributed by atoms with Crippen LogP contribution < -0.4 is 11.1 Å². The van der Waals surface area contributed by atoms with Gasteiger partial charge in [0.1, 0.15) is 0 Å². The predicted octanol–water partition coefficient (Wildman–Crippen LogP) is 2.17. The summed E-state index contributed by atoms with van der Waals surface area (Å²) >= 11 is 1.97. The number of hydrogen-bond donors (Lipinski definition) is 2. The van der Waals surface area contributed by atoms with E-state index < -0.39 is 0 Å². The molecule has 1 atom stereocenters. The minimum atomic E-state index is 0.339. The molecule has 1 aromatic rings. The lowest BCUT2D eigenvalue weighted by molar-refractivity contribution is -0.126. The zero-order valence-corrected chi connectivity index (χ0v) is 11.8. The van der Waals surface area contributed by atoms with Gasteiger partial charge in [-0.05, 0) is 31.5 Å². The van der Waals surface area contributed by atoms with Crippen LogP contribution >= 0.6 is 11.8 Å². The van der Waals surface area contributed by atoms with Gasteiger partial charge in [0, 0.05) is 17.0 Å². The standard InChI is InChI=1S/C11H16N2S.C2H4O2/c1-11(2)7-13-10(14-11)8-3-5-9(12)6-4-8;1-4-2-3/h3-6,10,13H,7,12H2,1-2H3;2H,1H3. The van der Waals surface area contributed by atoms with Crippen molar-refractivity contribution >= 4 is 23.9 Å². The fourth-order valence-electron chi connectivity index (χ4n) is 1.60. The zero-order chi connectivity index (χ0) is 13.6. The SMILES string of the molecule is CC1(C)CNC(c2ccc(N)cc2)S1.COC=O. The minimum Gasteiger partial charge on any atom is -0.471 e. The van der Waals surface area contributed by atoms with Crippen molar-refractivity contribution in [2.24, 2.45) is 0 Å². The molecule has 1 unspecified atom stereocenters. The van der Waals surface area contributed by atoms with E-state index in [0.29, 0.717) is 16.6 Å². The molecule has 0 amide bonds. The van der Waals surface area contributed by atoms with Crippen molar-refractivity contribution in [2.45, 2.75) is 24.0 Å². The summed E-state index contributed by atoms with van der Waals surface area (Å²) in [6.07, 6.45) is 0. The molecule has 0 aromatic heterocycles. The Balaban J connectivity index is 0.000000357. The lowest BCUT2D eigenvalue weighted by Crippen LogP contribution is -2.21. The topological polar surface area (TPSA) is 64.3 Å². The quantitative estimate of drug-likeness (QED) is 0.636. The van der Waals surface area contributed by atoms with E-state index in [1.807, 2.05) is 23.9 Å². The number of anilines is 1. The van der Waals surface area contributed by atoms with Gasteiger partial charge in [-0.1, -0.05) is 12.1 Å². The molecule has 0 saturated carbocycles. The van der Waals surface area contributed by atoms with Crippen LogP contribution in [0.4, 0.5) is 5.69 Å². The van der Waals surface area contributed by atoms with Crippen LogP contribution in [-0.2, 0) is 9.53 Å². The number of methoxy groups -OCH3 is 1. The van der Waals surface area contributed by atoms with Gasteiger partial charge in [0.05, 0.1) is 12.5 Å². The van der Waals surface area contributed by atoms with Crippen molar-refractivity contribution in [3.05, 3.63) is 29.8 Å². The second-order valence-corrected chi connectivity index (χ2v) is 6.45. The molecular formula is C13H20N2O2S. The van der Waals surface area contributed by atoms with Gasteiger partial charge in [-0.3, -0.25) is 4.79 Å². The molecule has 0 aliphatic carbocycles. The molecule has 0 radical (unpaired) electrons. The van der Waals surface area contributed by atoms with Crippen LogP contribution in [0.15, 0.2) is 24.3 Å². The van der Waals surface area contributed by atoms with Gasteiger partial charge in [0.2, 0.25) is 0 Å². The molecule has 1 heterocycles. The molecule has 18 heavy (non-hydrogen) atoms. The summed E-state index contributed by atoms with van der Waals surface area (Å²) < 4.78 is 4.20. The number of carbonyl (C=O) groups is 1. The van der Waals surface area contributed by atoms with Gasteiger partial charge in [0.15, 0.2) is 0 Å². The van der Waals surface area contributed by atoms with E-state index in [4.69, 9.17) is 10.5 Å². The highest BCUT2D eigenvalue weighted by Gasteiger charge is 2.31. The molecule has 5 heteroatoms. The number of nitrogen functional groups attached to an aromatic ring is 1. The Morgan fingerprint density at radius 3 is 2.39 bits per heavy atom. The van der Waals surface area contributed by atoms with E-state index in [9.17, 15) is 0 Å². The van der Waals surface area contributed by atoms with Gasteiger partial charge in [-0.25, -0.2) is 0 Å². The third-order valence-corrected chi connectivity index (χ3v) is 3.94. The average molecular weight is 268 g/mol. The first-order chi connectivity index (χ1) is 8.48. The molecule has 1 saturated heterocycles. The molecule has 1 fully saturated rings. The van der Waals surface area contributed by atoms with Crippen molar-refractivity contribution in [2.75, 3.05) is 19.4 Å². The first-order valence-electron chi connectivity index (χ1n) is 5.71. The summed E-state index contributed by atoms with van der Waals surface area (Å²) in [5.74, 6) is 0. The van der Waals surface area contributed by atoms with Crippen molar-refractivity contribution in [1.29, 1.82) is 0 Å². The molecule has 2 rings (SSSR count).